The number of ether oxygens (including phenoxy) is 3. The minimum Gasteiger partial charge on any atom is -0.497 e. The summed E-state index contributed by atoms with van der Waals surface area (Å²) in [6, 6.07) is 7.55. The van der Waals surface area contributed by atoms with Crippen molar-refractivity contribution >= 4 is 11.6 Å². The summed E-state index contributed by atoms with van der Waals surface area (Å²) in [6.07, 6.45) is 1.73. The van der Waals surface area contributed by atoms with Crippen LogP contribution in [0, 0.1) is 0 Å². The molecule has 0 aromatic heterocycles. The van der Waals surface area contributed by atoms with Crippen LogP contribution in [0.4, 0.5) is 5.69 Å². The predicted molar refractivity (Wildman–Crippen MR) is 89.1 cm³/mol. The number of hydrogen-bond acceptors (Lipinski definition) is 5. The number of β-lactam (4-membered cyclic amide) rings is 1. The number of rotatable bonds is 3. The molecule has 24 heavy (non-hydrogen) atoms. The van der Waals surface area contributed by atoms with E-state index in [1.54, 1.807) is 7.11 Å². The van der Waals surface area contributed by atoms with Gasteiger partial charge in [0.25, 0.3) is 0 Å². The van der Waals surface area contributed by atoms with E-state index in [-0.39, 0.29) is 18.1 Å². The van der Waals surface area contributed by atoms with Crippen molar-refractivity contribution in [3.05, 3.63) is 24.3 Å². The van der Waals surface area contributed by atoms with Gasteiger partial charge in [-0.2, -0.15) is 0 Å². The molecular weight excluding hydrogens is 308 g/mol. The van der Waals surface area contributed by atoms with Crippen molar-refractivity contribution in [2.45, 2.75) is 50.2 Å². The van der Waals surface area contributed by atoms with Gasteiger partial charge in [-0.15, -0.1) is 0 Å². The Hall–Kier alpha value is -1.63. The Balaban J connectivity index is 1.66. The maximum absolute atomic E-state index is 13.0. The Bertz CT molecular complexity index is 637. The van der Waals surface area contributed by atoms with Crippen LogP contribution in [0.1, 0.15) is 26.7 Å². The highest BCUT2D eigenvalue weighted by Crippen LogP contribution is 2.45. The second-order valence-electron chi connectivity index (χ2n) is 7.19. The molecule has 0 bridgehead atoms. The van der Waals surface area contributed by atoms with Gasteiger partial charge in [-0.3, -0.25) is 4.79 Å². The molecule has 0 saturated carbocycles. The third-order valence-corrected chi connectivity index (χ3v) is 5.30. The maximum atomic E-state index is 13.0. The van der Waals surface area contributed by atoms with Crippen LogP contribution >= 0.6 is 0 Å². The minimum atomic E-state index is -0.603. The van der Waals surface area contributed by atoms with Crippen LogP contribution in [-0.2, 0) is 14.3 Å². The number of anilines is 1. The van der Waals surface area contributed by atoms with Gasteiger partial charge in [0.15, 0.2) is 5.79 Å². The number of amides is 1. The Labute approximate surface area is 142 Å². The van der Waals surface area contributed by atoms with Crippen molar-refractivity contribution in [3.8, 4) is 5.75 Å². The molecule has 0 aliphatic carbocycles. The van der Waals surface area contributed by atoms with Crippen molar-refractivity contribution in [1.29, 1.82) is 0 Å². The lowest BCUT2D eigenvalue weighted by atomic mass is 9.74. The summed E-state index contributed by atoms with van der Waals surface area (Å²) in [5.41, 5.74) is 0.368. The first kappa shape index (κ1) is 15.9. The molecule has 3 aliphatic rings. The fraction of sp³-hybridized carbons (Fsp3) is 0.611. The Morgan fingerprint density at radius 1 is 1.29 bits per heavy atom. The smallest absolute Gasteiger partial charge is 0.249 e. The van der Waals surface area contributed by atoms with E-state index in [9.17, 15) is 4.79 Å². The first-order valence-corrected chi connectivity index (χ1v) is 8.51. The van der Waals surface area contributed by atoms with Gasteiger partial charge < -0.3 is 24.4 Å². The Morgan fingerprint density at radius 3 is 2.58 bits per heavy atom. The Morgan fingerprint density at radius 2 is 2.04 bits per heavy atom. The van der Waals surface area contributed by atoms with E-state index in [4.69, 9.17) is 14.2 Å². The van der Waals surface area contributed by atoms with Crippen LogP contribution < -0.4 is 15.0 Å². The fourth-order valence-corrected chi connectivity index (χ4v) is 4.20. The monoisotopic (exact) mass is 332 g/mol. The molecule has 1 aromatic carbocycles. The second kappa shape index (κ2) is 5.44. The van der Waals surface area contributed by atoms with Crippen LogP contribution in [0.5, 0.6) is 5.75 Å². The van der Waals surface area contributed by atoms with E-state index in [0.29, 0.717) is 6.61 Å². The maximum Gasteiger partial charge on any atom is 0.249 e. The number of benzene rings is 1. The number of carbonyl (C=O) groups excluding carboxylic acids is 1. The zero-order valence-electron chi connectivity index (χ0n) is 14.4. The average molecular weight is 332 g/mol. The molecule has 0 radical (unpaired) electrons. The van der Waals surface area contributed by atoms with Gasteiger partial charge in [-0.05, 0) is 57.5 Å². The van der Waals surface area contributed by atoms with Crippen molar-refractivity contribution in [1.82, 2.24) is 5.32 Å². The van der Waals surface area contributed by atoms with Crippen LogP contribution in [0.2, 0.25) is 0 Å². The third-order valence-electron chi connectivity index (χ3n) is 5.30. The summed E-state index contributed by atoms with van der Waals surface area (Å²) >= 11 is 0. The fourth-order valence-electron chi connectivity index (χ4n) is 4.20. The van der Waals surface area contributed by atoms with Crippen LogP contribution in [-0.4, -0.2) is 49.6 Å². The lowest BCUT2D eigenvalue weighted by molar-refractivity contribution is -0.155. The Kier molecular flexibility index (Phi) is 3.60. The molecule has 3 heterocycles. The van der Waals surface area contributed by atoms with Crippen LogP contribution in [0.3, 0.4) is 0 Å². The van der Waals surface area contributed by atoms with Crippen LogP contribution in [0.25, 0.3) is 0 Å². The summed E-state index contributed by atoms with van der Waals surface area (Å²) in [5.74, 6) is 0.302. The van der Waals surface area contributed by atoms with Crippen molar-refractivity contribution < 1.29 is 19.0 Å². The van der Waals surface area contributed by atoms with Crippen molar-refractivity contribution in [3.63, 3.8) is 0 Å². The standard InChI is InChI=1S/C18H24N2O4/c1-17(2)23-11-14(24-17)15-18(9-4-10-19-18)16(21)20(15)12-5-7-13(22-3)8-6-12/h5-8,14-15,19H,4,9-11H2,1-3H3/t14-,15+,18-/m1/s1. The molecular formula is C18H24N2O4. The van der Waals surface area contributed by atoms with Crippen molar-refractivity contribution in [2.75, 3.05) is 25.2 Å². The van der Waals surface area contributed by atoms with E-state index >= 15 is 0 Å². The van der Waals surface area contributed by atoms with E-state index in [1.165, 1.54) is 0 Å². The van der Waals surface area contributed by atoms with Crippen LogP contribution in [0.15, 0.2) is 24.3 Å². The number of nitrogens with zero attached hydrogens (tertiary/aromatic N) is 1. The van der Waals surface area contributed by atoms with Gasteiger partial charge in [0.05, 0.1) is 19.8 Å². The molecule has 1 N–H and O–H groups in total. The first-order chi connectivity index (χ1) is 11.5. The lowest BCUT2D eigenvalue weighted by Crippen LogP contribution is -2.81. The summed E-state index contributed by atoms with van der Waals surface area (Å²) in [4.78, 5) is 14.9. The third kappa shape index (κ3) is 2.24. The number of carbonyl (C=O) groups is 1. The zero-order chi connectivity index (χ0) is 16.9. The molecule has 3 fully saturated rings. The van der Waals surface area contributed by atoms with Gasteiger partial charge >= 0.3 is 0 Å². The molecule has 3 atom stereocenters. The minimum absolute atomic E-state index is 0.0531. The second-order valence-corrected chi connectivity index (χ2v) is 7.19. The van der Waals surface area contributed by atoms with E-state index in [2.05, 4.69) is 5.32 Å². The number of hydrogen-bond donors (Lipinski definition) is 1. The summed E-state index contributed by atoms with van der Waals surface area (Å²) in [6.45, 7) is 5.20. The molecule has 1 amide bonds. The van der Waals surface area contributed by atoms with Gasteiger partial charge in [-0.25, -0.2) is 0 Å². The van der Waals surface area contributed by atoms with E-state index in [0.717, 1.165) is 30.8 Å². The molecule has 6 nitrogen and oxygen atoms in total. The quantitative estimate of drug-likeness (QED) is 0.854. The molecule has 3 aliphatic heterocycles. The highest BCUT2D eigenvalue weighted by Gasteiger charge is 2.66. The largest absolute Gasteiger partial charge is 0.497 e. The number of methoxy groups -OCH3 is 1. The van der Waals surface area contributed by atoms with Gasteiger partial charge in [0.1, 0.15) is 17.4 Å². The first-order valence-electron chi connectivity index (χ1n) is 8.51. The molecule has 6 heteroatoms. The molecule has 130 valence electrons. The van der Waals surface area contributed by atoms with Gasteiger partial charge in [0.2, 0.25) is 5.91 Å². The molecule has 1 aromatic rings. The van der Waals surface area contributed by atoms with Gasteiger partial charge in [0, 0.05) is 5.69 Å². The average Bonchev–Trinajstić information content (AvgIpc) is 3.20. The zero-order valence-corrected chi connectivity index (χ0v) is 14.4. The van der Waals surface area contributed by atoms with E-state index < -0.39 is 11.3 Å². The predicted octanol–water partition coefficient (Wildman–Crippen LogP) is 1.68. The highest BCUT2D eigenvalue weighted by atomic mass is 16.7. The SMILES string of the molecule is COc1ccc(N2C(=O)[C@@]3(CCCN3)[C@@H]2[C@H]2COC(C)(C)O2)cc1. The molecule has 0 unspecified atom stereocenters. The summed E-state index contributed by atoms with van der Waals surface area (Å²) in [5, 5.41) is 3.44. The summed E-state index contributed by atoms with van der Waals surface area (Å²) < 4.78 is 17.1. The number of nitrogens with one attached hydrogen (secondary N) is 1. The topological polar surface area (TPSA) is 60.0 Å². The highest BCUT2D eigenvalue weighted by molar-refractivity contribution is 6.09. The van der Waals surface area contributed by atoms with E-state index in [1.807, 2.05) is 43.0 Å². The molecule has 1 spiro atoms. The normalized spacial score (nSPS) is 34.6. The van der Waals surface area contributed by atoms with Crippen molar-refractivity contribution in [2.24, 2.45) is 0 Å². The lowest BCUT2D eigenvalue weighted by Gasteiger charge is -2.56. The molecule has 3 saturated heterocycles. The molecule has 4 rings (SSSR count). The summed E-state index contributed by atoms with van der Waals surface area (Å²) in [7, 11) is 1.63. The van der Waals surface area contributed by atoms with Gasteiger partial charge in [-0.1, -0.05) is 0 Å².